The number of imidazole rings is 1. The number of thioether (sulfide) groups is 1. The van der Waals surface area contributed by atoms with E-state index in [1.807, 2.05) is 6.92 Å². The van der Waals surface area contributed by atoms with Crippen molar-refractivity contribution >= 4 is 151 Å². The fourth-order valence-electron chi connectivity index (χ4n) is 17.3. The average molecular weight is 1940 g/mol. The van der Waals surface area contributed by atoms with Crippen LogP contribution in [0.2, 0.25) is 0 Å². The highest BCUT2D eigenvalue weighted by Gasteiger charge is 2.47. The summed E-state index contributed by atoms with van der Waals surface area (Å²) >= 11 is 0.744. The van der Waals surface area contributed by atoms with Gasteiger partial charge in [-0.2, -0.15) is 0 Å². The number of aromatic amines is 4. The van der Waals surface area contributed by atoms with E-state index in [4.69, 9.17) is 22.9 Å². The van der Waals surface area contributed by atoms with Crippen molar-refractivity contribution in [2.75, 3.05) is 65.4 Å². The minimum atomic E-state index is -1.85. The smallest absolute Gasteiger partial charge is 0.303 e. The van der Waals surface area contributed by atoms with Crippen molar-refractivity contribution < 1.29 is 102 Å². The number of carboxylic acid groups (broad SMARTS) is 1. The number of aromatic nitrogens is 5. The molecule has 15 atom stereocenters. The first-order chi connectivity index (χ1) is 66.4. The normalized spacial score (nSPS) is 24.4. The van der Waals surface area contributed by atoms with Crippen molar-refractivity contribution in [2.45, 2.75) is 201 Å². The van der Waals surface area contributed by atoms with E-state index in [9.17, 15) is 63.3 Å². The highest BCUT2D eigenvalue weighted by Crippen LogP contribution is 2.29. The lowest BCUT2D eigenvalue weighted by Crippen LogP contribution is -2.62. The zero-order valence-corrected chi connectivity index (χ0v) is 78.2. The lowest BCUT2D eigenvalue weighted by Gasteiger charge is -2.36. The number of phenolic OH excluding ortho intramolecular Hbond substituents is 1. The number of likely N-dealkylation sites (N-methyl/N-ethyl adjacent to an activating group) is 3. The van der Waals surface area contributed by atoms with Gasteiger partial charge in [0.2, 0.25) is 100 Å². The summed E-state index contributed by atoms with van der Waals surface area (Å²) < 4.78 is 0. The van der Waals surface area contributed by atoms with Crippen LogP contribution in [0.1, 0.15) is 106 Å². The van der Waals surface area contributed by atoms with Crippen molar-refractivity contribution in [3.63, 3.8) is 0 Å². The Labute approximate surface area is 802 Å². The molecule has 4 aromatic heterocycles. The average Bonchev–Trinajstić information content (AvgIpc) is 1.77. The fraction of sp³-hybridized carbons (Fsp3) is 0.452. The Balaban J connectivity index is 0.967. The quantitative estimate of drug-likeness (QED) is 0.0279. The first-order valence-corrected chi connectivity index (χ1v) is 46.9. The number of phenols is 1. The zero-order valence-electron chi connectivity index (χ0n) is 77.4. The second-order valence-corrected chi connectivity index (χ2v) is 35.9. The van der Waals surface area contributed by atoms with E-state index in [2.05, 4.69) is 78.1 Å². The predicted octanol–water partition coefficient (Wildman–Crippen LogP) is -3.52. The van der Waals surface area contributed by atoms with Crippen LogP contribution in [0.25, 0.3) is 32.7 Å². The number of aliphatic carboxylic acids is 1. The summed E-state index contributed by atoms with van der Waals surface area (Å²) in [4.78, 5) is 286. The van der Waals surface area contributed by atoms with Gasteiger partial charge in [0.15, 0.2) is 0 Å². The predicted molar refractivity (Wildman–Crippen MR) is 506 cm³/mol. The molecule has 744 valence electrons. The van der Waals surface area contributed by atoms with Crippen LogP contribution in [0.3, 0.4) is 0 Å². The minimum Gasteiger partial charge on any atom is -0.508 e. The maximum atomic E-state index is 16.2. The van der Waals surface area contributed by atoms with Crippen molar-refractivity contribution in [3.05, 3.63) is 156 Å². The lowest BCUT2D eigenvalue weighted by atomic mass is 9.98. The highest BCUT2D eigenvalue weighted by molar-refractivity contribution is 8.00. The molecule has 4 aromatic carbocycles. The monoisotopic (exact) mass is 1940 g/mol. The number of aliphatic hydroxyl groups excluding tert-OH is 1. The number of para-hydroxylation sites is 3. The van der Waals surface area contributed by atoms with Gasteiger partial charge in [-0.3, -0.25) is 86.3 Å². The summed E-state index contributed by atoms with van der Waals surface area (Å²) in [5.74, 6) is -19.5. The van der Waals surface area contributed by atoms with Gasteiger partial charge >= 0.3 is 5.97 Å². The summed E-state index contributed by atoms with van der Waals surface area (Å²) in [5, 5.41) is 59.9. The largest absolute Gasteiger partial charge is 0.508 e. The van der Waals surface area contributed by atoms with Crippen LogP contribution < -0.4 is 76.1 Å². The van der Waals surface area contributed by atoms with Crippen molar-refractivity contribution in [1.29, 1.82) is 0 Å². The Morgan fingerprint density at radius 3 is 1.60 bits per heavy atom. The van der Waals surface area contributed by atoms with Gasteiger partial charge in [0, 0.05) is 149 Å². The SMILES string of the molecule is CCCC[C@H]1C(=O)N[C@@H](CN)C(=O)N[C@H](C(=O)NCC(N)=O)CSCC(=O)N[C@@H](Cc2ccc(O)cc2)C(=O)N(C)[C@@H](C)C(=O)N[C@@H](CC(N)=O)C(=O)N2CCC[C@H]2C(=O)N[C@@H](Cc2c[nH]cn2)C(=O)N[C@@H](CCC(=O)O)C(=O)N2C[C@H](O)C[C@H]2C(=O)N[C@@H](Cc2c[nH]c3ccccc23)C(=O)N[C@@H](CCN)C(=O)N[C@@H](Cc2c[nH]c3ccccc23)C(=O)N(C)[C@@H](Cc2c[nH]c3ccccc23)C(=O)N1C. The van der Waals surface area contributed by atoms with Crippen molar-refractivity contribution in [1.82, 2.24) is 103 Å². The van der Waals surface area contributed by atoms with E-state index < -0.39 is 260 Å². The van der Waals surface area contributed by atoms with E-state index in [1.165, 1.54) is 64.9 Å². The number of carboxylic acids is 1. The number of H-pyrrole nitrogens is 4. The number of hydrogen-bond donors (Lipinski definition) is 21. The van der Waals surface area contributed by atoms with Gasteiger partial charge in [0.05, 0.1) is 36.8 Å². The number of nitrogens with zero attached hydrogens (tertiary/aromatic N) is 6. The first kappa shape index (κ1) is 105. The van der Waals surface area contributed by atoms with Crippen LogP contribution in [0.4, 0.5) is 0 Å². The van der Waals surface area contributed by atoms with Gasteiger partial charge < -0.3 is 136 Å². The van der Waals surface area contributed by atoms with E-state index in [-0.39, 0.29) is 75.9 Å². The molecule has 0 bridgehead atoms. The molecule has 45 nitrogen and oxygen atoms in total. The van der Waals surface area contributed by atoms with E-state index in [0.29, 0.717) is 67.8 Å². The van der Waals surface area contributed by atoms with Crippen molar-refractivity contribution in [3.8, 4) is 5.75 Å². The Kier molecular flexibility index (Phi) is 36.7. The van der Waals surface area contributed by atoms with Crippen LogP contribution in [0.5, 0.6) is 5.75 Å². The van der Waals surface area contributed by atoms with E-state index in [0.717, 1.165) is 36.3 Å². The second-order valence-electron chi connectivity index (χ2n) is 34.8. The Bertz CT molecular complexity index is 5810. The number of rotatable bonds is 24. The highest BCUT2D eigenvalue weighted by atomic mass is 32.2. The molecule has 0 radical (unpaired) electrons. The summed E-state index contributed by atoms with van der Waals surface area (Å²) in [6, 6.07) is 3.86. The molecule has 3 aliphatic rings. The van der Waals surface area contributed by atoms with Crippen LogP contribution in [-0.4, -0.2) is 327 Å². The molecule has 139 heavy (non-hydrogen) atoms. The number of primary amides is 2. The number of carbonyl (C=O) groups excluding carboxylic acids is 17. The number of aliphatic hydroxyl groups is 1. The molecule has 3 saturated heterocycles. The maximum absolute atomic E-state index is 16.2. The fourth-order valence-corrected chi connectivity index (χ4v) is 18.2. The molecule has 3 fully saturated rings. The van der Waals surface area contributed by atoms with Gasteiger partial charge in [0.25, 0.3) is 0 Å². The molecule has 17 amide bonds. The molecule has 25 N–H and O–H groups in total. The summed E-state index contributed by atoms with van der Waals surface area (Å²) in [6.07, 6.45) is 2.12. The molecule has 0 saturated carbocycles. The van der Waals surface area contributed by atoms with Gasteiger partial charge in [0.1, 0.15) is 90.3 Å². The number of carbonyl (C=O) groups is 18. The number of nitrogens with one attached hydrogen (secondary N) is 14. The number of fused-ring (bicyclic) bond motifs is 5. The van der Waals surface area contributed by atoms with Crippen LogP contribution in [0.15, 0.2) is 128 Å². The molecule has 3 aliphatic heterocycles. The molecule has 8 aromatic rings. The van der Waals surface area contributed by atoms with Crippen LogP contribution >= 0.6 is 11.8 Å². The third kappa shape index (κ3) is 27.4. The number of nitrogens with two attached hydrogens (primary N) is 4. The molecule has 0 spiro atoms. The van der Waals surface area contributed by atoms with E-state index >= 15 is 38.4 Å². The second kappa shape index (κ2) is 48.8. The number of unbranched alkanes of at least 4 members (excludes halogenated alkanes) is 1. The van der Waals surface area contributed by atoms with Gasteiger partial charge in [-0.05, 0) is 98.2 Å². The molecular weight excluding hydrogens is 1820 g/mol. The van der Waals surface area contributed by atoms with Gasteiger partial charge in [-0.15, -0.1) is 11.8 Å². The Morgan fingerprint density at radius 2 is 1.03 bits per heavy atom. The zero-order chi connectivity index (χ0) is 101. The van der Waals surface area contributed by atoms with E-state index in [1.54, 1.807) is 91.4 Å². The number of hydrogen-bond acceptors (Lipinski definition) is 24. The van der Waals surface area contributed by atoms with Gasteiger partial charge in [-0.1, -0.05) is 86.5 Å². The molecule has 7 heterocycles. The summed E-state index contributed by atoms with van der Waals surface area (Å²) in [7, 11) is 3.86. The Morgan fingerprint density at radius 1 is 0.511 bits per heavy atom. The topological polar surface area (TPSA) is 685 Å². The van der Waals surface area contributed by atoms with Crippen molar-refractivity contribution in [2.24, 2.45) is 22.9 Å². The minimum absolute atomic E-state index is 0.0542. The third-order valence-corrected chi connectivity index (χ3v) is 26.1. The molecular formula is C93H120N24O21S. The Hall–Kier alpha value is -14.8. The molecule has 0 unspecified atom stereocenters. The summed E-state index contributed by atoms with van der Waals surface area (Å²) in [5.41, 5.74) is 27.6. The first-order valence-electron chi connectivity index (χ1n) is 45.7. The number of amides is 17. The van der Waals surface area contributed by atoms with Gasteiger partial charge in [-0.25, -0.2) is 4.98 Å². The number of aromatic hydroxyl groups is 1. The molecule has 0 aliphatic carbocycles. The maximum Gasteiger partial charge on any atom is 0.303 e. The van der Waals surface area contributed by atoms with Crippen LogP contribution in [-0.2, 0) is 118 Å². The molecule has 11 rings (SSSR count). The standard InChI is InChI=1S/C93H120N24O21S/c1-6-7-21-72-86(131)111-70(39-95)85(130)112-71(81(126)102-44-77(97)121)46-139-47-78(122)104-67(32-50-23-25-55(118)26-24-50)89(134)113(3)49(2)80(125)109-69(38-76(96)120)92(137)116-31-14-22-73(116)87(132)108-66(36-54-43-98-48-103-54)84(129)106-64(27-28-79(123)124)91(136)117-45-56(119)37-74(117)88(133)107-65(33-51-40-99-60-18-11-8-15-57(51)60)83(128)105-63(29-30-94)82(127)110-68(34-52-41-100-61-19-12-9-16-58(52)61)90(135)115(5)75(93(138)114(72)4)35-53-42-101-62-20-13-10-17-59(53)62/h8-13,15-20,23-26,40-43,48-49,56,63-75,99-101,118-119H,6-7,14,21-22,27-39,44-47,94-95H2,1-5H3,(H2,96,120)(H2,97,121)(H,98,103)(H,102,126)(H,104,122)(H,105,128)(H,106,129)(H,107,133)(H,108,132)(H,109,125)(H,110,127)(H,111,131)(H,112,130)(H,123,124)/t49-,56+,63-,64-,65-,66-,67-,68-,69-,70-,71-,72-,73-,74-,75-/m0/s1. The lowest BCUT2D eigenvalue weighted by molar-refractivity contribution is -0.149. The molecule has 46 heteroatoms. The third-order valence-electron chi connectivity index (χ3n) is 25.0. The summed E-state index contributed by atoms with van der Waals surface area (Å²) in [6.45, 7) is 0.662. The number of benzene rings is 4. The van der Waals surface area contributed by atoms with Crippen LogP contribution in [0, 0.1) is 0 Å².